The molecule has 0 aliphatic heterocycles. The third-order valence-corrected chi connectivity index (χ3v) is 10.6. The Kier molecular flexibility index (Phi) is 9.55. The first kappa shape index (κ1) is 34.9. The molecule has 9 aromatic rings. The normalized spacial score (nSPS) is 12.4. The molecule has 286 valence electrons. The van der Waals surface area contributed by atoms with Crippen molar-refractivity contribution in [3.05, 3.63) is 193 Å². The number of aryl methyl sites for hydroxylation is 1. The van der Waals surface area contributed by atoms with E-state index >= 15 is 0 Å². The molecule has 5 heteroatoms. The molecular formula is C53H42N3OPt-. The summed E-state index contributed by atoms with van der Waals surface area (Å²) in [6.07, 6.45) is 1.85. The number of para-hydroxylation sites is 2. The topological polar surface area (TPSA) is 50.9 Å². The number of phenols is 1. The summed E-state index contributed by atoms with van der Waals surface area (Å²) in [5, 5.41) is 11.3. The van der Waals surface area contributed by atoms with Gasteiger partial charge in [0.05, 0.1) is 22.3 Å². The maximum absolute atomic E-state index is 11.3. The van der Waals surface area contributed by atoms with Crippen molar-refractivity contribution in [2.45, 2.75) is 33.0 Å². The molecule has 0 aliphatic rings. The van der Waals surface area contributed by atoms with E-state index in [2.05, 4.69) is 93.6 Å². The van der Waals surface area contributed by atoms with Gasteiger partial charge in [-0.3, -0.25) is 9.55 Å². The predicted molar refractivity (Wildman–Crippen MR) is 235 cm³/mol. The van der Waals surface area contributed by atoms with Gasteiger partial charge in [-0.15, -0.1) is 29.3 Å². The van der Waals surface area contributed by atoms with E-state index in [-0.39, 0.29) is 37.8 Å². The third kappa shape index (κ3) is 7.44. The molecule has 0 unspecified atom stereocenters. The van der Waals surface area contributed by atoms with E-state index in [1.165, 1.54) is 5.56 Å². The fourth-order valence-corrected chi connectivity index (χ4v) is 7.47. The quantitative estimate of drug-likeness (QED) is 0.162. The summed E-state index contributed by atoms with van der Waals surface area (Å²) in [5.41, 5.74) is 12.8. The number of phenolic OH excluding ortho intramolecular Hbond substituents is 1. The molecule has 58 heavy (non-hydrogen) atoms. The van der Waals surface area contributed by atoms with Gasteiger partial charge in [0.25, 0.3) is 0 Å². The van der Waals surface area contributed by atoms with Crippen LogP contribution in [0.5, 0.6) is 5.75 Å². The van der Waals surface area contributed by atoms with Gasteiger partial charge in [-0.25, -0.2) is 4.98 Å². The largest absolute Gasteiger partial charge is 0.507 e. The number of hydrogen-bond acceptors (Lipinski definition) is 3. The summed E-state index contributed by atoms with van der Waals surface area (Å²) in [7, 11) is 0. The van der Waals surface area contributed by atoms with E-state index in [1.807, 2.05) is 89.6 Å². The van der Waals surface area contributed by atoms with Crippen LogP contribution in [0, 0.1) is 12.9 Å². The molecule has 2 aromatic heterocycles. The second-order valence-corrected chi connectivity index (χ2v) is 15.4. The van der Waals surface area contributed by atoms with Crippen molar-refractivity contribution >= 4 is 11.0 Å². The fraction of sp³-hybridized carbons (Fsp3) is 0.0943. The van der Waals surface area contributed by atoms with Crippen molar-refractivity contribution in [3.63, 3.8) is 0 Å². The maximum Gasteiger partial charge on any atom is 0.148 e. The molecule has 0 bridgehead atoms. The van der Waals surface area contributed by atoms with Gasteiger partial charge in [0.2, 0.25) is 0 Å². The number of hydrogen-bond donors (Lipinski definition) is 1. The Morgan fingerprint density at radius 3 is 1.86 bits per heavy atom. The number of nitrogens with zero attached hydrogens (tertiary/aromatic N) is 3. The number of pyridine rings is 1. The van der Waals surface area contributed by atoms with E-state index in [0.717, 1.165) is 55.8 Å². The molecule has 1 N–H and O–H groups in total. The molecule has 9 rings (SSSR count). The molecule has 0 amide bonds. The molecule has 7 aromatic carbocycles. The summed E-state index contributed by atoms with van der Waals surface area (Å²) in [4.78, 5) is 10.1. The predicted octanol–water partition coefficient (Wildman–Crippen LogP) is 13.5. The Hall–Kier alpha value is -6.35. The van der Waals surface area contributed by atoms with Gasteiger partial charge in [-0.1, -0.05) is 153 Å². The Labute approximate surface area is 359 Å². The molecule has 0 fully saturated rings. The van der Waals surface area contributed by atoms with Crippen LogP contribution < -0.4 is 0 Å². The molecule has 0 radical (unpaired) electrons. The van der Waals surface area contributed by atoms with Crippen molar-refractivity contribution < 1.29 is 30.3 Å². The van der Waals surface area contributed by atoms with Crippen LogP contribution in [0.25, 0.3) is 83.9 Å². The zero-order valence-corrected chi connectivity index (χ0v) is 34.6. The van der Waals surface area contributed by atoms with E-state index in [1.54, 1.807) is 24.3 Å². The summed E-state index contributed by atoms with van der Waals surface area (Å²) < 4.78 is 28.0. The van der Waals surface area contributed by atoms with Crippen molar-refractivity contribution in [2.75, 3.05) is 0 Å². The zero-order chi connectivity index (χ0) is 41.6. The minimum atomic E-state index is -2.46. The van der Waals surface area contributed by atoms with Crippen molar-refractivity contribution in [1.82, 2.24) is 14.5 Å². The minimum Gasteiger partial charge on any atom is -0.507 e. The maximum atomic E-state index is 11.3. The molecule has 0 spiro atoms. The van der Waals surface area contributed by atoms with E-state index in [4.69, 9.17) is 14.1 Å². The molecule has 0 saturated heterocycles. The standard InChI is InChI=1S/C53H42N3O.Pt/c1-35-30-40(37-16-9-6-10-17-37)26-27-48(35)56-49-20-13-19-45(51(49)55-52(56)46-18-11-12-21-50(46)57)42-31-43(33-44(32-42)53(2,3)4)47-34-41(28-29-54-47)39-24-22-38(23-25-39)36-14-7-5-8-15-36;/h5-30,32-34,57H,1-4H3;/q-1;/i1D3;. The monoisotopic (exact) mass is 934 g/mol. The number of fused-ring (bicyclic) bond motifs is 1. The van der Waals surface area contributed by atoms with Crippen LogP contribution in [0.3, 0.4) is 0 Å². The number of imidazole rings is 1. The SMILES string of the molecule is [2H]C([2H])([2H])c1cc(-c2ccccc2)ccc1-n1c(-c2ccccc2O)nc2c(-c3[c-]c(-c4cc(-c5ccc(-c6ccccc6)cc5)ccn4)cc(C(C)(C)C)c3)cccc21.[Pt]. The first-order chi connectivity index (χ1) is 28.9. The van der Waals surface area contributed by atoms with Gasteiger partial charge < -0.3 is 5.11 Å². The van der Waals surface area contributed by atoms with E-state index in [0.29, 0.717) is 28.1 Å². The third-order valence-electron chi connectivity index (χ3n) is 10.6. The van der Waals surface area contributed by atoms with Crippen LogP contribution in [0.4, 0.5) is 0 Å². The Bertz CT molecular complexity index is 3010. The number of aromatic hydroxyl groups is 1. The molecule has 4 nitrogen and oxygen atoms in total. The number of benzene rings is 7. The van der Waals surface area contributed by atoms with Gasteiger partial charge in [-0.2, -0.15) is 0 Å². The average molecular weight is 935 g/mol. The van der Waals surface area contributed by atoms with Crippen LogP contribution in [-0.2, 0) is 26.5 Å². The molecule has 0 atom stereocenters. The van der Waals surface area contributed by atoms with Crippen LogP contribution >= 0.6 is 0 Å². The Balaban J connectivity index is 0.00000514. The van der Waals surface area contributed by atoms with Gasteiger partial charge in [0.1, 0.15) is 11.6 Å². The molecule has 0 aliphatic carbocycles. The van der Waals surface area contributed by atoms with Crippen molar-refractivity contribution in [2.24, 2.45) is 0 Å². The summed E-state index contributed by atoms with van der Waals surface area (Å²) >= 11 is 0. The summed E-state index contributed by atoms with van der Waals surface area (Å²) in [6.45, 7) is 4.11. The molecule has 0 saturated carbocycles. The van der Waals surface area contributed by atoms with Crippen LogP contribution in [0.1, 0.15) is 36.0 Å². The average Bonchev–Trinajstić information content (AvgIpc) is 3.66. The van der Waals surface area contributed by atoms with Crippen LogP contribution in [-0.4, -0.2) is 19.6 Å². The summed E-state index contributed by atoms with van der Waals surface area (Å²) in [6, 6.07) is 59.4. The molecular weight excluding hydrogens is 890 g/mol. The van der Waals surface area contributed by atoms with Crippen LogP contribution in [0.2, 0.25) is 0 Å². The minimum absolute atomic E-state index is 0. The Morgan fingerprint density at radius 1 is 0.586 bits per heavy atom. The fourth-order valence-electron chi connectivity index (χ4n) is 7.47. The zero-order valence-electron chi connectivity index (χ0n) is 35.3. The summed E-state index contributed by atoms with van der Waals surface area (Å²) in [5.74, 6) is 0.463. The van der Waals surface area contributed by atoms with Crippen molar-refractivity contribution in [3.8, 4) is 78.6 Å². The van der Waals surface area contributed by atoms with Gasteiger partial charge in [-0.05, 0) is 87.6 Å². The van der Waals surface area contributed by atoms with Crippen LogP contribution in [0.15, 0.2) is 176 Å². The second kappa shape index (κ2) is 15.9. The first-order valence-electron chi connectivity index (χ1n) is 20.6. The number of aromatic nitrogens is 3. The number of rotatable bonds is 7. The Morgan fingerprint density at radius 2 is 1.17 bits per heavy atom. The second-order valence-electron chi connectivity index (χ2n) is 15.4. The smallest absolute Gasteiger partial charge is 0.148 e. The van der Waals surface area contributed by atoms with Crippen molar-refractivity contribution in [1.29, 1.82) is 0 Å². The van der Waals surface area contributed by atoms with Gasteiger partial charge >= 0.3 is 0 Å². The van der Waals surface area contributed by atoms with E-state index in [9.17, 15) is 5.11 Å². The van der Waals surface area contributed by atoms with Gasteiger partial charge in [0, 0.05) is 37.1 Å². The van der Waals surface area contributed by atoms with E-state index < -0.39 is 6.85 Å². The first-order valence-corrected chi connectivity index (χ1v) is 19.1. The molecule has 2 heterocycles. The van der Waals surface area contributed by atoms with Gasteiger partial charge in [0.15, 0.2) is 0 Å².